The number of amides is 4. The summed E-state index contributed by atoms with van der Waals surface area (Å²) in [6.45, 7) is 2.64. The van der Waals surface area contributed by atoms with Gasteiger partial charge in [-0.2, -0.15) is 0 Å². The normalized spacial score (nSPS) is 20.3. The second kappa shape index (κ2) is 8.90. The van der Waals surface area contributed by atoms with E-state index in [1.165, 1.54) is 11.9 Å². The summed E-state index contributed by atoms with van der Waals surface area (Å²) in [5.41, 5.74) is 2.23. The third kappa shape index (κ3) is 4.03. The molecule has 3 aliphatic heterocycles. The number of carbonyl (C=O) groups excluding carboxylic acids is 4. The molecule has 0 spiro atoms. The maximum absolute atomic E-state index is 13.0. The second-order valence-corrected chi connectivity index (χ2v) is 8.94. The first-order valence-electron chi connectivity index (χ1n) is 11.4. The number of hydrogen-bond donors (Lipinski definition) is 2. The van der Waals surface area contributed by atoms with Gasteiger partial charge < -0.3 is 20.3 Å². The van der Waals surface area contributed by atoms with Crippen molar-refractivity contribution in [2.75, 3.05) is 32.1 Å². The van der Waals surface area contributed by atoms with Crippen LogP contribution in [0.2, 0.25) is 0 Å². The highest BCUT2D eigenvalue weighted by Gasteiger charge is 2.41. The van der Waals surface area contributed by atoms with Crippen LogP contribution in [0.1, 0.15) is 39.1 Å². The molecule has 5 rings (SSSR count). The molecule has 176 valence electrons. The van der Waals surface area contributed by atoms with Crippen molar-refractivity contribution in [3.8, 4) is 5.75 Å². The predicted octanol–water partition coefficient (Wildman–Crippen LogP) is 1.64. The molecule has 1 unspecified atom stereocenters. The van der Waals surface area contributed by atoms with Crippen molar-refractivity contribution < 1.29 is 23.9 Å². The van der Waals surface area contributed by atoms with E-state index in [0.717, 1.165) is 23.6 Å². The van der Waals surface area contributed by atoms with Gasteiger partial charge in [-0.3, -0.25) is 24.1 Å². The van der Waals surface area contributed by atoms with Crippen LogP contribution >= 0.6 is 0 Å². The summed E-state index contributed by atoms with van der Waals surface area (Å²) in [5, 5.41) is 6.09. The molecule has 2 aromatic rings. The van der Waals surface area contributed by atoms with Crippen molar-refractivity contribution in [1.29, 1.82) is 0 Å². The second-order valence-electron chi connectivity index (χ2n) is 8.94. The van der Waals surface area contributed by atoms with Crippen LogP contribution in [0.3, 0.4) is 0 Å². The number of carbonyl (C=O) groups is 4. The summed E-state index contributed by atoms with van der Waals surface area (Å²) in [5.74, 6) is -0.153. The number of likely N-dealkylation sites (N-methyl/N-ethyl adjacent to an activating group) is 1. The fourth-order valence-electron chi connectivity index (χ4n) is 4.51. The number of rotatable bonds is 6. The van der Waals surface area contributed by atoms with Crippen molar-refractivity contribution in [2.24, 2.45) is 5.92 Å². The smallest absolute Gasteiger partial charge is 0.259 e. The lowest BCUT2D eigenvalue weighted by molar-refractivity contribution is -0.150. The molecule has 4 amide bonds. The van der Waals surface area contributed by atoms with Crippen LogP contribution in [0.4, 0.5) is 5.69 Å². The number of ether oxygens (including phenoxy) is 1. The van der Waals surface area contributed by atoms with Crippen LogP contribution in [0.25, 0.3) is 0 Å². The monoisotopic (exact) mass is 462 g/mol. The number of likely N-dealkylation sites (tertiary alicyclic amines) is 1. The SMILES string of the molecule is CN1C(=O)CCC(N2Cc3cc(NC(=O)c4ccccc4OCC4CNC4)ccc3C2=O)C1=O. The van der Waals surface area contributed by atoms with Gasteiger partial charge in [-0.15, -0.1) is 0 Å². The Bertz CT molecular complexity index is 1180. The fraction of sp³-hybridized carbons (Fsp3) is 0.360. The number of para-hydroxylation sites is 1. The lowest BCUT2D eigenvalue weighted by atomic mass is 10.0. The molecule has 2 fully saturated rings. The highest BCUT2D eigenvalue weighted by molar-refractivity contribution is 6.08. The minimum Gasteiger partial charge on any atom is -0.492 e. The summed E-state index contributed by atoms with van der Waals surface area (Å²) in [6.07, 6.45) is 0.548. The van der Waals surface area contributed by atoms with Gasteiger partial charge in [0.25, 0.3) is 17.7 Å². The zero-order chi connectivity index (χ0) is 23.8. The molecule has 2 N–H and O–H groups in total. The first-order valence-corrected chi connectivity index (χ1v) is 11.4. The molecule has 0 aromatic heterocycles. The van der Waals surface area contributed by atoms with Crippen molar-refractivity contribution >= 4 is 29.3 Å². The number of hydrogen-bond acceptors (Lipinski definition) is 6. The Morgan fingerprint density at radius 1 is 1.15 bits per heavy atom. The highest BCUT2D eigenvalue weighted by Crippen LogP contribution is 2.31. The number of imide groups is 1. The fourth-order valence-corrected chi connectivity index (χ4v) is 4.51. The molecule has 2 aromatic carbocycles. The molecule has 0 saturated carbocycles. The summed E-state index contributed by atoms with van der Waals surface area (Å²) in [4.78, 5) is 52.9. The Hall–Kier alpha value is -3.72. The summed E-state index contributed by atoms with van der Waals surface area (Å²) >= 11 is 0. The molecule has 0 aliphatic carbocycles. The largest absolute Gasteiger partial charge is 0.492 e. The molecule has 0 bridgehead atoms. The van der Waals surface area contributed by atoms with E-state index in [-0.39, 0.29) is 36.6 Å². The number of piperidine rings is 1. The molecular weight excluding hydrogens is 436 g/mol. The average Bonchev–Trinajstić information content (AvgIpc) is 3.12. The average molecular weight is 463 g/mol. The van der Waals surface area contributed by atoms with Crippen LogP contribution in [0.15, 0.2) is 42.5 Å². The van der Waals surface area contributed by atoms with E-state index in [1.54, 1.807) is 36.4 Å². The minimum atomic E-state index is -0.657. The summed E-state index contributed by atoms with van der Waals surface area (Å²) in [6, 6.07) is 11.6. The standard InChI is InChI=1S/C25H26N4O5/c1-28-22(30)9-8-20(25(28)33)29-13-16-10-17(6-7-18(16)24(29)32)27-23(31)19-4-2-3-5-21(19)34-14-15-11-26-12-15/h2-7,10,15,20,26H,8-9,11-14H2,1H3,(H,27,31). The van der Waals surface area contributed by atoms with E-state index in [9.17, 15) is 19.2 Å². The quantitative estimate of drug-likeness (QED) is 0.632. The Labute approximate surface area is 197 Å². The maximum atomic E-state index is 13.0. The van der Waals surface area contributed by atoms with Gasteiger partial charge in [0.2, 0.25) is 5.91 Å². The molecule has 3 heterocycles. The number of benzene rings is 2. The third-order valence-corrected chi connectivity index (χ3v) is 6.66. The number of nitrogens with one attached hydrogen (secondary N) is 2. The summed E-state index contributed by atoms with van der Waals surface area (Å²) < 4.78 is 5.88. The Morgan fingerprint density at radius 2 is 1.94 bits per heavy atom. The van der Waals surface area contributed by atoms with Crippen LogP contribution in [-0.2, 0) is 16.1 Å². The van der Waals surface area contributed by atoms with Gasteiger partial charge in [0.05, 0.1) is 12.2 Å². The predicted molar refractivity (Wildman–Crippen MR) is 123 cm³/mol. The molecule has 9 nitrogen and oxygen atoms in total. The summed E-state index contributed by atoms with van der Waals surface area (Å²) in [7, 11) is 1.45. The lowest BCUT2D eigenvalue weighted by Crippen LogP contribution is -2.53. The number of anilines is 1. The molecule has 9 heteroatoms. The van der Waals surface area contributed by atoms with Gasteiger partial charge in [-0.05, 0) is 42.3 Å². The molecule has 1 atom stereocenters. The number of nitrogens with zero attached hydrogens (tertiary/aromatic N) is 2. The molecular formula is C25H26N4O5. The Morgan fingerprint density at radius 3 is 2.71 bits per heavy atom. The van der Waals surface area contributed by atoms with Crippen LogP contribution in [0.5, 0.6) is 5.75 Å². The van der Waals surface area contributed by atoms with Crippen LogP contribution in [-0.4, -0.2) is 66.2 Å². The van der Waals surface area contributed by atoms with E-state index in [0.29, 0.717) is 41.5 Å². The van der Waals surface area contributed by atoms with E-state index < -0.39 is 6.04 Å². The maximum Gasteiger partial charge on any atom is 0.259 e. The van der Waals surface area contributed by atoms with E-state index in [2.05, 4.69) is 10.6 Å². The van der Waals surface area contributed by atoms with Crippen molar-refractivity contribution in [3.63, 3.8) is 0 Å². The topological polar surface area (TPSA) is 108 Å². The van der Waals surface area contributed by atoms with Gasteiger partial charge in [-0.25, -0.2) is 0 Å². The molecule has 34 heavy (non-hydrogen) atoms. The first kappa shape index (κ1) is 22.1. The van der Waals surface area contributed by atoms with Crippen molar-refractivity contribution in [2.45, 2.75) is 25.4 Å². The van der Waals surface area contributed by atoms with Gasteiger partial charge in [-0.1, -0.05) is 12.1 Å². The van der Waals surface area contributed by atoms with E-state index in [1.807, 2.05) is 6.07 Å². The van der Waals surface area contributed by atoms with Crippen molar-refractivity contribution in [3.05, 3.63) is 59.2 Å². The van der Waals surface area contributed by atoms with Crippen LogP contribution < -0.4 is 15.4 Å². The first-order chi connectivity index (χ1) is 16.4. The zero-order valence-electron chi connectivity index (χ0n) is 18.9. The third-order valence-electron chi connectivity index (χ3n) is 6.66. The van der Waals surface area contributed by atoms with Crippen molar-refractivity contribution in [1.82, 2.24) is 15.1 Å². The van der Waals surface area contributed by atoms with Gasteiger partial charge >= 0.3 is 0 Å². The van der Waals surface area contributed by atoms with Gasteiger partial charge in [0, 0.05) is 50.3 Å². The molecule has 2 saturated heterocycles. The van der Waals surface area contributed by atoms with E-state index in [4.69, 9.17) is 4.74 Å². The van der Waals surface area contributed by atoms with E-state index >= 15 is 0 Å². The Kier molecular flexibility index (Phi) is 5.79. The molecule has 3 aliphatic rings. The van der Waals surface area contributed by atoms with Crippen LogP contribution in [0, 0.1) is 5.92 Å². The van der Waals surface area contributed by atoms with Gasteiger partial charge in [0.15, 0.2) is 0 Å². The minimum absolute atomic E-state index is 0.229. The Balaban J connectivity index is 1.29. The lowest BCUT2D eigenvalue weighted by Gasteiger charge is -2.33. The van der Waals surface area contributed by atoms with Gasteiger partial charge in [0.1, 0.15) is 11.8 Å². The molecule has 0 radical (unpaired) electrons. The number of fused-ring (bicyclic) bond motifs is 1. The highest BCUT2D eigenvalue weighted by atomic mass is 16.5. The zero-order valence-corrected chi connectivity index (χ0v) is 18.9.